The fourth-order valence-electron chi connectivity index (χ4n) is 1.69. The molecule has 1 aromatic heterocycles. The van der Waals surface area contributed by atoms with Crippen LogP contribution in [0.1, 0.15) is 32.3 Å². The molecule has 2 N–H and O–H groups in total. The number of likely N-dealkylation sites (N-methyl/N-ethyl adjacent to an activating group) is 1. The van der Waals surface area contributed by atoms with Gasteiger partial charge in [0.2, 0.25) is 0 Å². The summed E-state index contributed by atoms with van der Waals surface area (Å²) in [6.45, 7) is 5.00. The molecule has 0 aromatic carbocycles. The van der Waals surface area contributed by atoms with E-state index < -0.39 is 0 Å². The van der Waals surface area contributed by atoms with Crippen molar-refractivity contribution < 1.29 is 5.11 Å². The van der Waals surface area contributed by atoms with Crippen LogP contribution in [-0.4, -0.2) is 35.3 Å². The first-order chi connectivity index (χ1) is 8.53. The van der Waals surface area contributed by atoms with Crippen LogP contribution in [0.2, 0.25) is 0 Å². The number of rotatable bonds is 6. The van der Waals surface area contributed by atoms with Gasteiger partial charge in [0, 0.05) is 25.8 Å². The smallest absolute Gasteiger partial charge is 0.128 e. The normalized spacial score (nSPS) is 15.8. The molecule has 0 spiro atoms. The third-order valence-corrected chi connectivity index (χ3v) is 3.62. The van der Waals surface area contributed by atoms with Crippen LogP contribution in [0.3, 0.4) is 0 Å². The highest BCUT2D eigenvalue weighted by atomic mass is 16.3. The molecule has 2 rings (SSSR count). The van der Waals surface area contributed by atoms with Gasteiger partial charge in [0.1, 0.15) is 5.82 Å². The Bertz CT molecular complexity index is 385. The van der Waals surface area contributed by atoms with Crippen LogP contribution in [0, 0.1) is 0 Å². The van der Waals surface area contributed by atoms with Crippen molar-refractivity contribution in [2.75, 3.05) is 18.6 Å². The van der Waals surface area contributed by atoms with E-state index in [4.69, 9.17) is 0 Å². The van der Waals surface area contributed by atoms with E-state index in [1.807, 2.05) is 38.1 Å². The molecule has 0 radical (unpaired) electrons. The van der Waals surface area contributed by atoms with Gasteiger partial charge in [-0.3, -0.25) is 0 Å². The van der Waals surface area contributed by atoms with Crippen LogP contribution in [0.25, 0.3) is 0 Å². The number of anilines is 1. The summed E-state index contributed by atoms with van der Waals surface area (Å²) in [6.07, 6.45) is 4.52. The fourth-order valence-corrected chi connectivity index (χ4v) is 1.69. The molecule has 0 saturated heterocycles. The number of hydrogen-bond donors (Lipinski definition) is 2. The molecule has 1 fully saturated rings. The molecule has 1 aliphatic rings. The standard InChI is InChI=1S/C14H23N3O/c1-14(2,10-18)17(3)13-7-4-11(9-16-13)8-15-12-5-6-12/h4,7,9,12,15,18H,5-6,8,10H2,1-3H3. The van der Waals surface area contributed by atoms with Gasteiger partial charge in [-0.15, -0.1) is 0 Å². The molecule has 4 nitrogen and oxygen atoms in total. The minimum absolute atomic E-state index is 0.107. The molecule has 0 amide bonds. The zero-order valence-electron chi connectivity index (χ0n) is 11.5. The molecule has 1 aliphatic carbocycles. The molecule has 0 unspecified atom stereocenters. The molecule has 4 heteroatoms. The van der Waals surface area contributed by atoms with Gasteiger partial charge in [-0.2, -0.15) is 0 Å². The molecular formula is C14H23N3O. The van der Waals surface area contributed by atoms with E-state index in [1.165, 1.54) is 18.4 Å². The third kappa shape index (κ3) is 3.21. The number of aliphatic hydroxyl groups is 1. The Hall–Kier alpha value is -1.13. The van der Waals surface area contributed by atoms with Crippen LogP contribution >= 0.6 is 0 Å². The quantitative estimate of drug-likeness (QED) is 0.803. The lowest BCUT2D eigenvalue weighted by molar-refractivity contribution is 0.215. The van der Waals surface area contributed by atoms with Crippen molar-refractivity contribution in [1.29, 1.82) is 0 Å². The van der Waals surface area contributed by atoms with Gasteiger partial charge in [-0.1, -0.05) is 6.07 Å². The average Bonchev–Trinajstić information content (AvgIpc) is 3.20. The molecule has 0 aliphatic heterocycles. The van der Waals surface area contributed by atoms with E-state index in [-0.39, 0.29) is 12.1 Å². The zero-order valence-corrected chi connectivity index (χ0v) is 11.5. The van der Waals surface area contributed by atoms with Crippen molar-refractivity contribution in [1.82, 2.24) is 10.3 Å². The first-order valence-corrected chi connectivity index (χ1v) is 6.56. The second-order valence-electron chi connectivity index (χ2n) is 5.71. The maximum absolute atomic E-state index is 9.35. The second-order valence-corrected chi connectivity index (χ2v) is 5.71. The molecular weight excluding hydrogens is 226 g/mol. The Labute approximate surface area is 109 Å². The van der Waals surface area contributed by atoms with Gasteiger partial charge in [0.25, 0.3) is 0 Å². The van der Waals surface area contributed by atoms with Crippen LogP contribution in [0.5, 0.6) is 0 Å². The van der Waals surface area contributed by atoms with Gasteiger partial charge in [0.05, 0.1) is 12.1 Å². The summed E-state index contributed by atoms with van der Waals surface area (Å²) in [6, 6.07) is 4.84. The summed E-state index contributed by atoms with van der Waals surface area (Å²) >= 11 is 0. The van der Waals surface area contributed by atoms with E-state index in [2.05, 4.69) is 16.4 Å². The topological polar surface area (TPSA) is 48.4 Å². The summed E-state index contributed by atoms with van der Waals surface area (Å²) in [4.78, 5) is 6.47. The van der Waals surface area contributed by atoms with E-state index in [9.17, 15) is 5.11 Å². The van der Waals surface area contributed by atoms with Crippen LogP contribution in [-0.2, 0) is 6.54 Å². The summed E-state index contributed by atoms with van der Waals surface area (Å²) in [5.41, 5.74) is 0.918. The Morgan fingerprint density at radius 2 is 2.17 bits per heavy atom. The van der Waals surface area contributed by atoms with Crippen LogP contribution in [0.4, 0.5) is 5.82 Å². The molecule has 0 bridgehead atoms. The highest BCUT2D eigenvalue weighted by Gasteiger charge is 2.23. The Kier molecular flexibility index (Phi) is 3.88. The molecule has 1 aromatic rings. The lowest BCUT2D eigenvalue weighted by Gasteiger charge is -2.34. The lowest BCUT2D eigenvalue weighted by Crippen LogP contribution is -2.44. The maximum Gasteiger partial charge on any atom is 0.128 e. The summed E-state index contributed by atoms with van der Waals surface area (Å²) in [7, 11) is 1.96. The minimum atomic E-state index is -0.291. The molecule has 18 heavy (non-hydrogen) atoms. The number of hydrogen-bond acceptors (Lipinski definition) is 4. The van der Waals surface area contributed by atoms with Crippen molar-refractivity contribution >= 4 is 5.82 Å². The van der Waals surface area contributed by atoms with Crippen molar-refractivity contribution in [2.45, 2.75) is 44.8 Å². The molecule has 1 saturated carbocycles. The monoisotopic (exact) mass is 249 g/mol. The third-order valence-electron chi connectivity index (χ3n) is 3.62. The van der Waals surface area contributed by atoms with Crippen molar-refractivity contribution in [3.05, 3.63) is 23.9 Å². The lowest BCUT2D eigenvalue weighted by atomic mass is 10.1. The Morgan fingerprint density at radius 3 is 2.67 bits per heavy atom. The van der Waals surface area contributed by atoms with Gasteiger partial charge in [-0.05, 0) is 38.3 Å². The van der Waals surface area contributed by atoms with E-state index in [1.54, 1.807) is 0 Å². The van der Waals surface area contributed by atoms with Crippen molar-refractivity contribution in [2.24, 2.45) is 0 Å². The minimum Gasteiger partial charge on any atom is -0.394 e. The van der Waals surface area contributed by atoms with Gasteiger partial charge in [-0.25, -0.2) is 4.98 Å². The predicted molar refractivity (Wildman–Crippen MR) is 73.7 cm³/mol. The molecule has 1 heterocycles. The molecule has 0 atom stereocenters. The van der Waals surface area contributed by atoms with Crippen molar-refractivity contribution in [3.8, 4) is 0 Å². The van der Waals surface area contributed by atoms with Crippen molar-refractivity contribution in [3.63, 3.8) is 0 Å². The van der Waals surface area contributed by atoms with E-state index >= 15 is 0 Å². The van der Waals surface area contributed by atoms with Gasteiger partial charge >= 0.3 is 0 Å². The van der Waals surface area contributed by atoms with Gasteiger partial charge < -0.3 is 15.3 Å². The Morgan fingerprint density at radius 1 is 1.44 bits per heavy atom. The average molecular weight is 249 g/mol. The Balaban J connectivity index is 1.97. The zero-order chi connectivity index (χ0) is 13.2. The SMILES string of the molecule is CN(c1ccc(CNC2CC2)cn1)C(C)(C)CO. The highest BCUT2D eigenvalue weighted by Crippen LogP contribution is 2.21. The number of pyridine rings is 1. The van der Waals surface area contributed by atoms with Crippen LogP contribution in [0.15, 0.2) is 18.3 Å². The number of nitrogens with one attached hydrogen (secondary N) is 1. The highest BCUT2D eigenvalue weighted by molar-refractivity contribution is 5.41. The number of aromatic nitrogens is 1. The first-order valence-electron chi connectivity index (χ1n) is 6.56. The largest absolute Gasteiger partial charge is 0.394 e. The summed E-state index contributed by atoms with van der Waals surface area (Å²) in [5, 5.41) is 12.8. The van der Waals surface area contributed by atoms with Gasteiger partial charge in [0.15, 0.2) is 0 Å². The fraction of sp³-hybridized carbons (Fsp3) is 0.643. The molecule has 100 valence electrons. The number of aliphatic hydroxyl groups excluding tert-OH is 1. The first kappa shape index (κ1) is 13.3. The summed E-state index contributed by atoms with van der Waals surface area (Å²) in [5.74, 6) is 0.893. The second kappa shape index (κ2) is 5.24. The van der Waals surface area contributed by atoms with E-state index in [0.29, 0.717) is 0 Å². The number of nitrogens with zero attached hydrogens (tertiary/aromatic N) is 2. The van der Waals surface area contributed by atoms with E-state index in [0.717, 1.165) is 18.4 Å². The summed E-state index contributed by atoms with van der Waals surface area (Å²) < 4.78 is 0. The van der Waals surface area contributed by atoms with Crippen LogP contribution < -0.4 is 10.2 Å². The maximum atomic E-state index is 9.35. The predicted octanol–water partition coefficient (Wildman–Crippen LogP) is 1.54.